The van der Waals surface area contributed by atoms with Crippen LogP contribution in [-0.4, -0.2) is 35.3 Å². The molecule has 4 aromatic rings. The highest BCUT2D eigenvalue weighted by molar-refractivity contribution is 5.99. The number of ether oxygens (including phenoxy) is 1. The summed E-state index contributed by atoms with van der Waals surface area (Å²) in [4.78, 5) is 16.6. The van der Waals surface area contributed by atoms with Crippen molar-refractivity contribution in [1.82, 2.24) is 10.3 Å². The van der Waals surface area contributed by atoms with E-state index >= 15 is 0 Å². The summed E-state index contributed by atoms with van der Waals surface area (Å²) in [6.45, 7) is 0.368. The molecule has 2 heterocycles. The maximum Gasteiger partial charge on any atom is 0.255 e. The Labute approximate surface area is 197 Å². The van der Waals surface area contributed by atoms with Gasteiger partial charge in [-0.25, -0.2) is 0 Å². The monoisotopic (exact) mass is 451 g/mol. The van der Waals surface area contributed by atoms with Gasteiger partial charge in [-0.1, -0.05) is 42.5 Å². The van der Waals surface area contributed by atoms with E-state index in [1.165, 1.54) is 0 Å². The molecule has 1 aliphatic rings. The van der Waals surface area contributed by atoms with E-state index in [9.17, 15) is 9.90 Å². The van der Waals surface area contributed by atoms with Gasteiger partial charge in [0, 0.05) is 23.5 Å². The van der Waals surface area contributed by atoms with Gasteiger partial charge in [0.1, 0.15) is 5.75 Å². The van der Waals surface area contributed by atoms with E-state index in [2.05, 4.69) is 22.4 Å². The lowest BCUT2D eigenvalue weighted by molar-refractivity contribution is 0.0913. The highest BCUT2D eigenvalue weighted by atomic mass is 16.5. The van der Waals surface area contributed by atoms with E-state index in [1.54, 1.807) is 0 Å². The Kier molecular flexibility index (Phi) is 6.03. The van der Waals surface area contributed by atoms with Crippen molar-refractivity contribution in [3.63, 3.8) is 0 Å². The van der Waals surface area contributed by atoms with Crippen LogP contribution in [0.3, 0.4) is 0 Å². The lowest BCUT2D eigenvalue weighted by Gasteiger charge is -2.18. The Morgan fingerprint density at radius 2 is 1.97 bits per heavy atom. The summed E-state index contributed by atoms with van der Waals surface area (Å²) in [7, 11) is 0. The van der Waals surface area contributed by atoms with Gasteiger partial charge in [0.05, 0.1) is 37.3 Å². The van der Waals surface area contributed by atoms with E-state index in [0.29, 0.717) is 30.8 Å². The molecule has 3 aromatic carbocycles. The highest BCUT2D eigenvalue weighted by Gasteiger charge is 2.24. The number of hydrogen-bond acceptors (Lipinski definition) is 4. The zero-order chi connectivity index (χ0) is 23.5. The van der Waals surface area contributed by atoms with Gasteiger partial charge in [-0.3, -0.25) is 4.79 Å². The molecule has 1 amide bonds. The third-order valence-electron chi connectivity index (χ3n) is 6.30. The molecule has 0 fully saturated rings. The van der Waals surface area contributed by atoms with Crippen LogP contribution in [0.4, 0.5) is 0 Å². The van der Waals surface area contributed by atoms with Gasteiger partial charge >= 0.3 is 0 Å². The number of carbonyl (C=O) groups excluding carboxylic acids is 1. The number of aromatic amines is 1. The molecular formula is C28H25N3O3. The number of aromatic nitrogens is 1. The van der Waals surface area contributed by atoms with Crippen LogP contribution in [0, 0.1) is 11.3 Å². The minimum Gasteiger partial charge on any atom is -0.492 e. The Bertz CT molecular complexity index is 1380. The number of fused-ring (bicyclic) bond motifs is 2. The average Bonchev–Trinajstić information content (AvgIpc) is 3.51. The number of aliphatic hydroxyl groups excluding tert-OH is 1. The molecule has 34 heavy (non-hydrogen) atoms. The molecule has 0 saturated carbocycles. The fourth-order valence-corrected chi connectivity index (χ4v) is 4.54. The summed E-state index contributed by atoms with van der Waals surface area (Å²) in [5.41, 5.74) is 6.40. The van der Waals surface area contributed by atoms with Crippen LogP contribution < -0.4 is 10.1 Å². The number of hydrogen-bond donors (Lipinski definition) is 3. The van der Waals surface area contributed by atoms with Crippen molar-refractivity contribution in [3.8, 4) is 22.9 Å². The SMILES string of the molecule is N#CCc1ccc(-c2cc3c(c(C(=O)NC(CO)Cc4c[nH]c5ccccc45)c2)OCC3)cc1. The molecule has 0 bridgehead atoms. The van der Waals surface area contributed by atoms with Gasteiger partial charge in [-0.15, -0.1) is 0 Å². The number of nitrogens with one attached hydrogen (secondary N) is 2. The summed E-state index contributed by atoms with van der Waals surface area (Å²) in [5.74, 6) is 0.353. The number of benzene rings is 3. The van der Waals surface area contributed by atoms with Crippen LogP contribution in [0.2, 0.25) is 0 Å². The van der Waals surface area contributed by atoms with E-state index in [0.717, 1.165) is 45.1 Å². The normalized spacial score (nSPS) is 13.2. The topological polar surface area (TPSA) is 98.1 Å². The predicted molar refractivity (Wildman–Crippen MR) is 131 cm³/mol. The van der Waals surface area contributed by atoms with Crippen molar-refractivity contribution in [2.45, 2.75) is 25.3 Å². The first-order chi connectivity index (χ1) is 16.7. The Morgan fingerprint density at radius 1 is 1.15 bits per heavy atom. The molecule has 5 rings (SSSR count). The number of rotatable bonds is 7. The van der Waals surface area contributed by atoms with Crippen LogP contribution in [-0.2, 0) is 19.3 Å². The van der Waals surface area contributed by atoms with Gasteiger partial charge in [0.15, 0.2) is 0 Å². The number of H-pyrrole nitrogens is 1. The lowest BCUT2D eigenvalue weighted by atomic mass is 9.96. The number of para-hydroxylation sites is 1. The summed E-state index contributed by atoms with van der Waals surface area (Å²) >= 11 is 0. The Morgan fingerprint density at radius 3 is 2.76 bits per heavy atom. The molecule has 3 N–H and O–H groups in total. The molecular weight excluding hydrogens is 426 g/mol. The summed E-state index contributed by atoms with van der Waals surface area (Å²) in [5, 5.41) is 23.0. The molecule has 6 heteroatoms. The largest absolute Gasteiger partial charge is 0.492 e. The van der Waals surface area contributed by atoms with Crippen molar-refractivity contribution < 1.29 is 14.6 Å². The van der Waals surface area contributed by atoms with Crippen LogP contribution in [0.1, 0.15) is 27.0 Å². The predicted octanol–water partition coefficient (Wildman–Crippen LogP) is 4.17. The second-order valence-corrected chi connectivity index (χ2v) is 8.56. The maximum absolute atomic E-state index is 13.3. The lowest BCUT2D eigenvalue weighted by Crippen LogP contribution is -2.39. The second kappa shape index (κ2) is 9.42. The fraction of sp³-hybridized carbons (Fsp3) is 0.214. The Hall–Kier alpha value is -4.08. The van der Waals surface area contributed by atoms with Gasteiger partial charge in [-0.05, 0) is 52.4 Å². The van der Waals surface area contributed by atoms with E-state index in [-0.39, 0.29) is 12.5 Å². The molecule has 0 aliphatic carbocycles. The van der Waals surface area contributed by atoms with E-state index in [4.69, 9.17) is 10.00 Å². The first kappa shape index (κ1) is 21.7. The average molecular weight is 452 g/mol. The van der Waals surface area contributed by atoms with Crippen molar-refractivity contribution in [2.24, 2.45) is 0 Å². The highest BCUT2D eigenvalue weighted by Crippen LogP contribution is 2.35. The molecule has 0 spiro atoms. The summed E-state index contributed by atoms with van der Waals surface area (Å²) in [6.07, 6.45) is 3.55. The van der Waals surface area contributed by atoms with Crippen molar-refractivity contribution >= 4 is 16.8 Å². The molecule has 0 saturated heterocycles. The quantitative estimate of drug-likeness (QED) is 0.393. The van der Waals surface area contributed by atoms with Gasteiger partial charge < -0.3 is 20.1 Å². The maximum atomic E-state index is 13.3. The van der Waals surface area contributed by atoms with Gasteiger partial charge in [0.25, 0.3) is 5.91 Å². The number of amides is 1. The molecule has 1 aromatic heterocycles. The molecule has 170 valence electrons. The molecule has 1 aliphatic heterocycles. The van der Waals surface area contributed by atoms with Crippen LogP contribution in [0.25, 0.3) is 22.0 Å². The smallest absolute Gasteiger partial charge is 0.255 e. The van der Waals surface area contributed by atoms with E-state index in [1.807, 2.05) is 60.8 Å². The zero-order valence-electron chi connectivity index (χ0n) is 18.7. The van der Waals surface area contributed by atoms with Crippen LogP contribution in [0.15, 0.2) is 66.9 Å². The van der Waals surface area contributed by atoms with Crippen molar-refractivity contribution in [3.05, 3.63) is 89.1 Å². The second-order valence-electron chi connectivity index (χ2n) is 8.56. The molecule has 0 radical (unpaired) electrons. The Balaban J connectivity index is 1.40. The minimum absolute atomic E-state index is 0.172. The zero-order valence-corrected chi connectivity index (χ0v) is 18.7. The summed E-state index contributed by atoms with van der Waals surface area (Å²) in [6, 6.07) is 21.4. The molecule has 1 unspecified atom stereocenters. The first-order valence-corrected chi connectivity index (χ1v) is 11.4. The van der Waals surface area contributed by atoms with Gasteiger partial charge in [-0.2, -0.15) is 5.26 Å². The molecule has 1 atom stereocenters. The van der Waals surface area contributed by atoms with Gasteiger partial charge in [0.2, 0.25) is 0 Å². The number of nitriles is 1. The number of carbonyl (C=O) groups is 1. The third kappa shape index (κ3) is 4.26. The van der Waals surface area contributed by atoms with E-state index < -0.39 is 6.04 Å². The number of aliphatic hydroxyl groups is 1. The minimum atomic E-state index is -0.433. The van der Waals surface area contributed by atoms with Crippen molar-refractivity contribution in [1.29, 1.82) is 5.26 Å². The van der Waals surface area contributed by atoms with Crippen molar-refractivity contribution in [2.75, 3.05) is 13.2 Å². The number of nitrogens with zero attached hydrogens (tertiary/aromatic N) is 1. The first-order valence-electron chi connectivity index (χ1n) is 11.4. The summed E-state index contributed by atoms with van der Waals surface area (Å²) < 4.78 is 5.81. The van der Waals surface area contributed by atoms with Crippen LogP contribution in [0.5, 0.6) is 5.75 Å². The fourth-order valence-electron chi connectivity index (χ4n) is 4.54. The van der Waals surface area contributed by atoms with Crippen LogP contribution >= 0.6 is 0 Å². The molecule has 6 nitrogen and oxygen atoms in total. The standard InChI is InChI=1S/C28H25N3O3/c29-11-9-18-5-7-19(8-6-18)21-13-20-10-12-34-27(20)25(15-21)28(33)31-23(17-32)14-22-16-30-26-4-2-1-3-24(22)26/h1-8,13,15-16,23,30,32H,9-10,12,14,17H2,(H,31,33). The third-order valence-corrected chi connectivity index (χ3v) is 6.30.